The first-order chi connectivity index (χ1) is 22.3. The number of hydrogen-bond donors (Lipinski definition) is 0. The van der Waals surface area contributed by atoms with Crippen LogP contribution in [0, 0.1) is 11.3 Å². The smallest absolute Gasteiger partial charge is 0.338 e. The molecule has 1 aromatic heterocycles. The minimum Gasteiger partial charge on any atom is -0.497 e. The van der Waals surface area contributed by atoms with E-state index < -0.39 is 23.7 Å². The summed E-state index contributed by atoms with van der Waals surface area (Å²) in [5.74, 6) is -1.03. The van der Waals surface area contributed by atoms with Gasteiger partial charge in [-0.15, -0.1) is 0 Å². The fourth-order valence-electron chi connectivity index (χ4n) is 5.77. The van der Waals surface area contributed by atoms with Crippen LogP contribution in [0.1, 0.15) is 61.9 Å². The van der Waals surface area contributed by atoms with Crippen LogP contribution < -0.4 is 9.64 Å². The molecule has 1 aliphatic heterocycles. The summed E-state index contributed by atoms with van der Waals surface area (Å²) >= 11 is 1.14. The SMILES string of the molecule is COc1cccc(C(=O)COC(=O)c2ccc(N3C(=O)CC(Sc4nc5c(cc4C#N)CC(c4ccccc4)CC5)C3=O)cc2)c1. The van der Waals surface area contributed by atoms with Gasteiger partial charge in [0.15, 0.2) is 12.4 Å². The number of aryl methyl sites for hydroxylation is 1. The maximum atomic E-state index is 13.4. The van der Waals surface area contributed by atoms with Crippen molar-refractivity contribution < 1.29 is 28.7 Å². The molecule has 1 fully saturated rings. The summed E-state index contributed by atoms with van der Waals surface area (Å²) in [4.78, 5) is 57.3. The average Bonchev–Trinajstić information content (AvgIpc) is 3.38. The van der Waals surface area contributed by atoms with E-state index in [0.717, 1.165) is 47.2 Å². The first-order valence-electron chi connectivity index (χ1n) is 14.8. The molecule has 2 unspecified atom stereocenters. The number of anilines is 1. The molecule has 9 nitrogen and oxygen atoms in total. The molecule has 4 aromatic rings. The quantitative estimate of drug-likeness (QED) is 0.130. The number of ether oxygens (including phenoxy) is 2. The van der Waals surface area contributed by atoms with Crippen LogP contribution in [0.4, 0.5) is 5.69 Å². The second-order valence-electron chi connectivity index (χ2n) is 11.1. The number of esters is 1. The molecular weight excluding hydrogens is 602 g/mol. The van der Waals surface area contributed by atoms with Gasteiger partial charge in [0.25, 0.3) is 0 Å². The number of benzene rings is 3. The number of nitrogens with zero attached hydrogens (tertiary/aromatic N) is 3. The number of ketones is 1. The Hall–Kier alpha value is -5.27. The molecule has 2 amide bonds. The molecule has 0 radical (unpaired) electrons. The zero-order chi connectivity index (χ0) is 32.2. The highest BCUT2D eigenvalue weighted by Gasteiger charge is 2.41. The molecule has 6 rings (SSSR count). The highest BCUT2D eigenvalue weighted by molar-refractivity contribution is 8.00. The number of carbonyl (C=O) groups is 4. The third kappa shape index (κ3) is 6.41. The van der Waals surface area contributed by atoms with Crippen LogP contribution in [0.5, 0.6) is 5.75 Å². The van der Waals surface area contributed by atoms with Gasteiger partial charge in [0, 0.05) is 17.7 Å². The largest absolute Gasteiger partial charge is 0.497 e. The van der Waals surface area contributed by atoms with Crippen molar-refractivity contribution in [3.05, 3.63) is 118 Å². The summed E-state index contributed by atoms with van der Waals surface area (Å²) in [6.07, 6.45) is 2.46. The highest BCUT2D eigenvalue weighted by Crippen LogP contribution is 2.38. The van der Waals surface area contributed by atoms with Gasteiger partial charge >= 0.3 is 5.97 Å². The molecule has 0 spiro atoms. The van der Waals surface area contributed by atoms with Crippen molar-refractivity contribution in [3.63, 3.8) is 0 Å². The van der Waals surface area contributed by atoms with Crippen molar-refractivity contribution in [1.29, 1.82) is 5.26 Å². The van der Waals surface area contributed by atoms with Gasteiger partial charge in [-0.2, -0.15) is 5.26 Å². The molecule has 10 heteroatoms. The van der Waals surface area contributed by atoms with Crippen LogP contribution in [0.2, 0.25) is 0 Å². The molecule has 230 valence electrons. The number of imide groups is 1. The van der Waals surface area contributed by atoms with Gasteiger partial charge in [-0.25, -0.2) is 14.7 Å². The van der Waals surface area contributed by atoms with Crippen LogP contribution in [0.3, 0.4) is 0 Å². The average molecular weight is 632 g/mol. The number of rotatable bonds is 9. The fourth-order valence-corrected chi connectivity index (χ4v) is 6.86. The zero-order valence-corrected chi connectivity index (χ0v) is 25.8. The van der Waals surface area contributed by atoms with E-state index in [9.17, 15) is 24.4 Å². The Morgan fingerprint density at radius 2 is 1.76 bits per heavy atom. The Bertz CT molecular complexity index is 1870. The third-order valence-electron chi connectivity index (χ3n) is 8.19. The van der Waals surface area contributed by atoms with E-state index in [1.165, 1.54) is 36.9 Å². The van der Waals surface area contributed by atoms with Crippen molar-refractivity contribution in [1.82, 2.24) is 4.98 Å². The Morgan fingerprint density at radius 1 is 0.978 bits per heavy atom. The van der Waals surface area contributed by atoms with Gasteiger partial charge < -0.3 is 9.47 Å². The van der Waals surface area contributed by atoms with E-state index in [-0.39, 0.29) is 23.7 Å². The molecule has 0 N–H and O–H groups in total. The Morgan fingerprint density at radius 3 is 2.50 bits per heavy atom. The summed E-state index contributed by atoms with van der Waals surface area (Å²) < 4.78 is 10.3. The number of hydrogen-bond acceptors (Lipinski definition) is 9. The minimum absolute atomic E-state index is 0.0423. The topological polar surface area (TPSA) is 127 Å². The number of amides is 2. The lowest BCUT2D eigenvalue weighted by Gasteiger charge is -2.25. The second-order valence-corrected chi connectivity index (χ2v) is 12.3. The van der Waals surface area contributed by atoms with Crippen molar-refractivity contribution in [2.45, 2.75) is 41.9 Å². The Labute approximate surface area is 270 Å². The van der Waals surface area contributed by atoms with Crippen molar-refractivity contribution in [3.8, 4) is 11.8 Å². The lowest BCUT2D eigenvalue weighted by atomic mass is 9.82. The van der Waals surface area contributed by atoms with E-state index in [1.807, 2.05) is 24.3 Å². The minimum atomic E-state index is -0.738. The van der Waals surface area contributed by atoms with Crippen LogP contribution in [-0.2, 0) is 27.2 Å². The number of fused-ring (bicyclic) bond motifs is 1. The number of aromatic nitrogens is 1. The predicted molar refractivity (Wildman–Crippen MR) is 171 cm³/mol. The molecule has 2 heterocycles. The lowest BCUT2D eigenvalue weighted by molar-refractivity contribution is -0.121. The van der Waals surface area contributed by atoms with Crippen LogP contribution in [-0.4, -0.2) is 47.5 Å². The van der Waals surface area contributed by atoms with Crippen molar-refractivity contribution in [2.24, 2.45) is 0 Å². The van der Waals surface area contributed by atoms with Gasteiger partial charge in [-0.1, -0.05) is 54.2 Å². The van der Waals surface area contributed by atoms with Gasteiger partial charge in [0.1, 0.15) is 16.8 Å². The normalized spacial score (nSPS) is 17.3. The molecule has 0 bridgehead atoms. The predicted octanol–water partition coefficient (Wildman–Crippen LogP) is 5.70. The number of thioether (sulfide) groups is 1. The summed E-state index contributed by atoms with van der Waals surface area (Å²) in [7, 11) is 1.49. The van der Waals surface area contributed by atoms with Crippen LogP contribution in [0.15, 0.2) is 90.0 Å². The molecule has 3 aromatic carbocycles. The first kappa shape index (κ1) is 30.7. The van der Waals surface area contributed by atoms with E-state index in [1.54, 1.807) is 24.3 Å². The number of pyridine rings is 1. The molecule has 1 aliphatic carbocycles. The molecule has 46 heavy (non-hydrogen) atoms. The zero-order valence-electron chi connectivity index (χ0n) is 25.0. The number of nitriles is 1. The maximum Gasteiger partial charge on any atom is 0.338 e. The molecular formula is C36H29N3O6S. The molecule has 2 aliphatic rings. The van der Waals surface area contributed by atoms with Crippen molar-refractivity contribution in [2.75, 3.05) is 18.6 Å². The lowest BCUT2D eigenvalue weighted by Crippen LogP contribution is -2.31. The van der Waals surface area contributed by atoms with Gasteiger partial charge in [-0.05, 0) is 78.8 Å². The van der Waals surface area contributed by atoms with Gasteiger partial charge in [0.2, 0.25) is 11.8 Å². The standard InChI is InChI=1S/C36H29N3O6S/c1-44-29-9-5-8-25(18-29)31(40)21-45-36(43)23-10-13-28(14-11-23)39-33(41)19-32(35(39)42)46-34-27(20-37)17-26-16-24(12-15-30(26)38-34)22-6-3-2-4-7-22/h2-11,13-14,17-18,24,32H,12,15-16,19,21H2,1H3. The van der Waals surface area contributed by atoms with Gasteiger partial charge in [0.05, 0.1) is 29.2 Å². The Kier molecular flexibility index (Phi) is 8.94. The summed E-state index contributed by atoms with van der Waals surface area (Å²) in [5, 5.41) is 9.63. The number of methoxy groups -OCH3 is 1. The third-order valence-corrected chi connectivity index (χ3v) is 9.38. The van der Waals surface area contributed by atoms with Gasteiger partial charge in [-0.3, -0.25) is 14.4 Å². The van der Waals surface area contributed by atoms with E-state index in [0.29, 0.717) is 33.5 Å². The highest BCUT2D eigenvalue weighted by atomic mass is 32.2. The maximum absolute atomic E-state index is 13.4. The van der Waals surface area contributed by atoms with E-state index in [2.05, 4.69) is 18.2 Å². The van der Waals surface area contributed by atoms with Crippen molar-refractivity contribution >= 4 is 41.0 Å². The number of carbonyl (C=O) groups excluding carboxylic acids is 4. The summed E-state index contributed by atoms with van der Waals surface area (Å²) in [6, 6.07) is 26.8. The molecule has 1 saturated heterocycles. The first-order valence-corrected chi connectivity index (χ1v) is 15.7. The summed E-state index contributed by atoms with van der Waals surface area (Å²) in [5.41, 5.74) is 4.46. The second kappa shape index (κ2) is 13.4. The fraction of sp³-hybridized carbons (Fsp3) is 0.222. The van der Waals surface area contributed by atoms with E-state index in [4.69, 9.17) is 14.5 Å². The Balaban J connectivity index is 1.10. The monoisotopic (exact) mass is 631 g/mol. The van der Waals surface area contributed by atoms with Crippen LogP contribution >= 0.6 is 11.8 Å². The van der Waals surface area contributed by atoms with E-state index >= 15 is 0 Å². The number of Topliss-reactive ketones (excluding diaryl/α,β-unsaturated/α-hetero) is 1. The summed E-state index contributed by atoms with van der Waals surface area (Å²) in [6.45, 7) is -0.454. The molecule has 2 atom stereocenters. The van der Waals surface area contributed by atoms with Crippen LogP contribution in [0.25, 0.3) is 0 Å². The molecule has 0 saturated carbocycles.